The molecule has 0 radical (unpaired) electrons. The fraction of sp³-hybridized carbons (Fsp3) is 0.529. The molecular weight excluding hydrogens is 298 g/mol. The highest BCUT2D eigenvalue weighted by Crippen LogP contribution is 2.53. The molecule has 5 heteroatoms. The molecule has 22 heavy (non-hydrogen) atoms. The van der Waals surface area contributed by atoms with Crippen molar-refractivity contribution in [2.24, 2.45) is 7.05 Å². The Bertz CT molecular complexity index is 670. The van der Waals surface area contributed by atoms with Crippen molar-refractivity contribution < 1.29 is 4.74 Å². The van der Waals surface area contributed by atoms with Crippen molar-refractivity contribution in [1.82, 2.24) is 14.8 Å². The van der Waals surface area contributed by atoms with Gasteiger partial charge in [0.15, 0.2) is 0 Å². The number of rotatable bonds is 3. The summed E-state index contributed by atoms with van der Waals surface area (Å²) in [7, 11) is 2.11. The fourth-order valence-corrected chi connectivity index (χ4v) is 3.73. The van der Waals surface area contributed by atoms with Crippen LogP contribution in [0.2, 0.25) is 5.02 Å². The number of halogens is 1. The predicted molar refractivity (Wildman–Crippen MR) is 85.3 cm³/mol. The lowest BCUT2D eigenvalue weighted by atomic mass is 9.94. The van der Waals surface area contributed by atoms with E-state index in [1.165, 1.54) is 5.56 Å². The number of ether oxygens (including phenoxy) is 1. The van der Waals surface area contributed by atoms with Gasteiger partial charge in [-0.05, 0) is 43.4 Å². The van der Waals surface area contributed by atoms with E-state index >= 15 is 0 Å². The molecule has 0 atom stereocenters. The Balaban J connectivity index is 1.68. The van der Waals surface area contributed by atoms with Gasteiger partial charge in [0.05, 0.1) is 5.41 Å². The highest BCUT2D eigenvalue weighted by molar-refractivity contribution is 6.30. The first kappa shape index (κ1) is 14.2. The lowest BCUT2D eigenvalue weighted by Crippen LogP contribution is -2.20. The van der Waals surface area contributed by atoms with Gasteiger partial charge in [-0.1, -0.05) is 23.7 Å². The minimum absolute atomic E-state index is 0.0375. The summed E-state index contributed by atoms with van der Waals surface area (Å²) < 4.78 is 7.68. The van der Waals surface area contributed by atoms with Crippen LogP contribution in [0.15, 0.2) is 24.3 Å². The quantitative estimate of drug-likeness (QED) is 0.870. The van der Waals surface area contributed by atoms with Crippen molar-refractivity contribution in [2.75, 3.05) is 13.2 Å². The molecule has 0 unspecified atom stereocenters. The standard InChI is InChI=1S/C17H20ClN3O/c1-21-15(12-6-10-22-11-7-12)19-20-16(21)17(8-9-17)13-2-4-14(18)5-3-13/h2-5,12H,6-11H2,1H3. The molecule has 2 aliphatic rings. The average molecular weight is 318 g/mol. The molecule has 2 fully saturated rings. The first-order valence-electron chi connectivity index (χ1n) is 7.94. The topological polar surface area (TPSA) is 39.9 Å². The number of nitrogens with zero attached hydrogens (tertiary/aromatic N) is 3. The Hall–Kier alpha value is -1.39. The van der Waals surface area contributed by atoms with E-state index in [2.05, 4.69) is 33.9 Å². The molecule has 0 N–H and O–H groups in total. The summed E-state index contributed by atoms with van der Waals surface area (Å²) in [6.45, 7) is 1.66. The third-order valence-corrected chi connectivity index (χ3v) is 5.32. The highest BCUT2D eigenvalue weighted by Gasteiger charge is 2.50. The minimum Gasteiger partial charge on any atom is -0.381 e. The van der Waals surface area contributed by atoms with Gasteiger partial charge in [0.25, 0.3) is 0 Å². The zero-order valence-corrected chi connectivity index (χ0v) is 13.5. The van der Waals surface area contributed by atoms with Gasteiger partial charge in [0.2, 0.25) is 0 Å². The van der Waals surface area contributed by atoms with Crippen molar-refractivity contribution in [1.29, 1.82) is 0 Å². The maximum atomic E-state index is 6.02. The molecule has 1 aliphatic heterocycles. The number of hydrogen-bond donors (Lipinski definition) is 0. The fourth-order valence-electron chi connectivity index (χ4n) is 3.60. The van der Waals surface area contributed by atoms with Crippen LogP contribution >= 0.6 is 11.6 Å². The van der Waals surface area contributed by atoms with E-state index in [4.69, 9.17) is 16.3 Å². The van der Waals surface area contributed by atoms with Crippen molar-refractivity contribution in [3.8, 4) is 0 Å². The largest absolute Gasteiger partial charge is 0.381 e. The molecule has 2 aromatic rings. The third kappa shape index (κ3) is 2.25. The molecule has 0 bridgehead atoms. The van der Waals surface area contributed by atoms with Crippen LogP contribution in [-0.2, 0) is 17.2 Å². The van der Waals surface area contributed by atoms with E-state index < -0.39 is 0 Å². The molecule has 2 heterocycles. The third-order valence-electron chi connectivity index (χ3n) is 5.07. The molecule has 0 amide bonds. The van der Waals surface area contributed by atoms with E-state index in [9.17, 15) is 0 Å². The van der Waals surface area contributed by atoms with Crippen molar-refractivity contribution in [2.45, 2.75) is 37.0 Å². The van der Waals surface area contributed by atoms with Gasteiger partial charge < -0.3 is 9.30 Å². The van der Waals surface area contributed by atoms with Gasteiger partial charge >= 0.3 is 0 Å². The van der Waals surface area contributed by atoms with Crippen LogP contribution in [0.4, 0.5) is 0 Å². The Kier molecular flexibility index (Phi) is 3.46. The number of hydrogen-bond acceptors (Lipinski definition) is 3. The van der Waals surface area contributed by atoms with E-state index in [0.29, 0.717) is 5.92 Å². The van der Waals surface area contributed by atoms with E-state index in [-0.39, 0.29) is 5.41 Å². The molecule has 116 valence electrons. The van der Waals surface area contributed by atoms with Crippen LogP contribution < -0.4 is 0 Å². The Labute approximate surface area is 135 Å². The monoisotopic (exact) mass is 317 g/mol. The molecule has 1 aromatic carbocycles. The van der Waals surface area contributed by atoms with Crippen LogP contribution in [0.5, 0.6) is 0 Å². The smallest absolute Gasteiger partial charge is 0.143 e. The zero-order chi connectivity index (χ0) is 15.2. The summed E-state index contributed by atoms with van der Waals surface area (Å²) in [6.07, 6.45) is 4.35. The van der Waals surface area contributed by atoms with Crippen molar-refractivity contribution in [3.05, 3.63) is 46.5 Å². The van der Waals surface area contributed by atoms with Crippen molar-refractivity contribution in [3.63, 3.8) is 0 Å². The van der Waals surface area contributed by atoms with E-state index in [0.717, 1.165) is 55.6 Å². The second-order valence-electron chi connectivity index (χ2n) is 6.42. The lowest BCUT2D eigenvalue weighted by Gasteiger charge is -2.22. The van der Waals surface area contributed by atoms with Crippen LogP contribution in [0.1, 0.15) is 48.8 Å². The van der Waals surface area contributed by atoms with Crippen molar-refractivity contribution >= 4 is 11.6 Å². The van der Waals surface area contributed by atoms with Gasteiger partial charge in [-0.25, -0.2) is 0 Å². The molecule has 4 rings (SSSR count). The van der Waals surface area contributed by atoms with Gasteiger partial charge in [-0.2, -0.15) is 0 Å². The lowest BCUT2D eigenvalue weighted by molar-refractivity contribution is 0.0829. The van der Waals surface area contributed by atoms with Gasteiger partial charge in [0.1, 0.15) is 11.6 Å². The summed E-state index contributed by atoms with van der Waals surface area (Å²) >= 11 is 6.02. The minimum atomic E-state index is 0.0375. The molecule has 1 saturated carbocycles. The summed E-state index contributed by atoms with van der Waals surface area (Å²) in [4.78, 5) is 0. The molecule has 4 nitrogen and oxygen atoms in total. The second-order valence-corrected chi connectivity index (χ2v) is 6.85. The second kappa shape index (κ2) is 5.36. The summed E-state index contributed by atoms with van der Waals surface area (Å²) in [5.74, 6) is 2.68. The Morgan fingerprint density at radius 2 is 1.82 bits per heavy atom. The average Bonchev–Trinajstić information content (AvgIpc) is 3.26. The van der Waals surface area contributed by atoms with Crippen LogP contribution in [0.25, 0.3) is 0 Å². The maximum Gasteiger partial charge on any atom is 0.143 e. The first-order valence-corrected chi connectivity index (χ1v) is 8.32. The van der Waals surface area contributed by atoms with Gasteiger partial charge in [0, 0.05) is 31.2 Å². The van der Waals surface area contributed by atoms with Gasteiger partial charge in [-0.15, -0.1) is 10.2 Å². The van der Waals surface area contributed by atoms with E-state index in [1.54, 1.807) is 0 Å². The summed E-state index contributed by atoms with van der Waals surface area (Å²) in [6, 6.07) is 8.18. The normalized spacial score (nSPS) is 21.0. The van der Waals surface area contributed by atoms with E-state index in [1.807, 2.05) is 12.1 Å². The predicted octanol–water partition coefficient (Wildman–Crippen LogP) is 3.44. The van der Waals surface area contributed by atoms with Crippen LogP contribution in [-0.4, -0.2) is 28.0 Å². The highest BCUT2D eigenvalue weighted by atomic mass is 35.5. The molecule has 1 aromatic heterocycles. The maximum absolute atomic E-state index is 6.02. The molecular formula is C17H20ClN3O. The molecule has 1 aliphatic carbocycles. The summed E-state index contributed by atoms with van der Waals surface area (Å²) in [5, 5.41) is 9.86. The number of aromatic nitrogens is 3. The number of benzene rings is 1. The SMILES string of the molecule is Cn1c(C2CCOCC2)nnc1C1(c2ccc(Cl)cc2)CC1. The Morgan fingerprint density at radius 1 is 1.14 bits per heavy atom. The first-order chi connectivity index (χ1) is 10.7. The summed E-state index contributed by atoms with van der Waals surface area (Å²) in [5.41, 5.74) is 1.33. The molecule has 0 spiro atoms. The molecule has 1 saturated heterocycles. The Morgan fingerprint density at radius 3 is 2.45 bits per heavy atom. The zero-order valence-electron chi connectivity index (χ0n) is 12.8. The van der Waals surface area contributed by atoms with Crippen LogP contribution in [0.3, 0.4) is 0 Å². The van der Waals surface area contributed by atoms with Gasteiger partial charge in [-0.3, -0.25) is 0 Å². The van der Waals surface area contributed by atoms with Crippen LogP contribution in [0, 0.1) is 0 Å².